The summed E-state index contributed by atoms with van der Waals surface area (Å²) in [6.07, 6.45) is -4.32. The molecule has 1 rings (SSSR count). The molecule has 0 aromatic heterocycles. The van der Waals surface area contributed by atoms with Crippen LogP contribution in [0.5, 0.6) is 0 Å². The van der Waals surface area contributed by atoms with E-state index in [4.69, 9.17) is 11.6 Å². The van der Waals surface area contributed by atoms with Gasteiger partial charge < -0.3 is 0 Å². The van der Waals surface area contributed by atoms with Gasteiger partial charge in [-0.15, -0.1) is 23.4 Å². The summed E-state index contributed by atoms with van der Waals surface area (Å²) in [4.78, 5) is 0.198. The summed E-state index contributed by atoms with van der Waals surface area (Å²) in [7, 11) is -3.73. The first-order valence-electron chi connectivity index (χ1n) is 4.58. The van der Waals surface area contributed by atoms with Crippen LogP contribution >= 0.6 is 23.4 Å². The Bertz CT molecular complexity index is 505. The van der Waals surface area contributed by atoms with E-state index in [0.717, 1.165) is 0 Å². The van der Waals surface area contributed by atoms with Gasteiger partial charge in [0.2, 0.25) is 10.0 Å². The molecule has 0 atom stereocenters. The van der Waals surface area contributed by atoms with Crippen molar-refractivity contribution in [1.82, 2.24) is 0 Å². The van der Waals surface area contributed by atoms with E-state index >= 15 is 0 Å². The van der Waals surface area contributed by atoms with Crippen molar-refractivity contribution in [3.63, 3.8) is 0 Å². The Morgan fingerprint density at radius 1 is 1.28 bits per heavy atom. The predicted octanol–water partition coefficient (Wildman–Crippen LogP) is 3.28. The lowest BCUT2D eigenvalue weighted by molar-refractivity contribution is -0.105. The SMILES string of the molecule is O=S(=O)(CCl)Nc1ccccc1SCC(F)(F)F. The van der Waals surface area contributed by atoms with E-state index in [2.05, 4.69) is 4.72 Å². The van der Waals surface area contributed by atoms with E-state index in [1.807, 2.05) is 0 Å². The van der Waals surface area contributed by atoms with Crippen LogP contribution < -0.4 is 4.72 Å². The number of nitrogens with one attached hydrogen (secondary N) is 1. The molecule has 9 heteroatoms. The van der Waals surface area contributed by atoms with Crippen LogP contribution in [0.2, 0.25) is 0 Å². The van der Waals surface area contributed by atoms with Crippen LogP contribution in [0.4, 0.5) is 18.9 Å². The fourth-order valence-corrected chi connectivity index (χ4v) is 2.60. The molecule has 0 saturated carbocycles. The highest BCUT2D eigenvalue weighted by molar-refractivity contribution is 7.99. The van der Waals surface area contributed by atoms with E-state index < -0.39 is 27.2 Å². The molecule has 3 nitrogen and oxygen atoms in total. The Balaban J connectivity index is 2.87. The molecule has 18 heavy (non-hydrogen) atoms. The Morgan fingerprint density at radius 3 is 2.44 bits per heavy atom. The van der Waals surface area contributed by atoms with Gasteiger partial charge in [-0.2, -0.15) is 13.2 Å². The molecule has 0 aliphatic heterocycles. The van der Waals surface area contributed by atoms with Crippen LogP contribution in [0.15, 0.2) is 29.2 Å². The zero-order valence-electron chi connectivity index (χ0n) is 8.87. The van der Waals surface area contributed by atoms with Crippen molar-refractivity contribution in [2.24, 2.45) is 0 Å². The number of hydrogen-bond acceptors (Lipinski definition) is 3. The van der Waals surface area contributed by atoms with Crippen LogP contribution in [0.3, 0.4) is 0 Å². The smallest absolute Gasteiger partial charge is 0.281 e. The van der Waals surface area contributed by atoms with Crippen LogP contribution in [-0.2, 0) is 10.0 Å². The first-order valence-corrected chi connectivity index (χ1v) is 7.76. The van der Waals surface area contributed by atoms with Gasteiger partial charge in [-0.05, 0) is 12.1 Å². The minimum absolute atomic E-state index is 0.0902. The van der Waals surface area contributed by atoms with Gasteiger partial charge in [0.15, 0.2) is 0 Å². The quantitative estimate of drug-likeness (QED) is 0.669. The minimum Gasteiger partial charge on any atom is -0.281 e. The number of para-hydroxylation sites is 1. The lowest BCUT2D eigenvalue weighted by Gasteiger charge is -2.11. The third kappa shape index (κ3) is 5.36. The zero-order chi connectivity index (χ0) is 13.8. The minimum atomic E-state index is -4.32. The van der Waals surface area contributed by atoms with E-state index in [1.54, 1.807) is 0 Å². The van der Waals surface area contributed by atoms with Crippen LogP contribution in [0, 0.1) is 0 Å². The Morgan fingerprint density at radius 2 is 1.89 bits per heavy atom. The number of rotatable bonds is 5. The van der Waals surface area contributed by atoms with E-state index in [9.17, 15) is 21.6 Å². The van der Waals surface area contributed by atoms with Crippen LogP contribution in [-0.4, -0.2) is 25.6 Å². The van der Waals surface area contributed by atoms with E-state index in [0.29, 0.717) is 11.8 Å². The molecule has 102 valence electrons. The number of thioether (sulfide) groups is 1. The normalized spacial score (nSPS) is 12.4. The number of halogens is 4. The van der Waals surface area contributed by atoms with Gasteiger partial charge in [-0.3, -0.25) is 4.72 Å². The second kappa shape index (κ2) is 6.03. The maximum Gasteiger partial charge on any atom is 0.398 e. The van der Waals surface area contributed by atoms with Crippen molar-refractivity contribution in [3.05, 3.63) is 24.3 Å². The fourth-order valence-electron chi connectivity index (χ4n) is 1.03. The molecular formula is C9H9ClF3NO2S2. The second-order valence-corrected chi connectivity index (χ2v) is 6.55. The molecule has 1 aromatic rings. The average Bonchev–Trinajstić information content (AvgIpc) is 2.26. The number of sulfonamides is 1. The molecule has 1 aromatic carbocycles. The molecule has 0 aliphatic carbocycles. The summed E-state index contributed by atoms with van der Waals surface area (Å²) in [6.45, 7) is 0. The first kappa shape index (κ1) is 15.5. The Kier molecular flexibility index (Phi) is 5.18. The number of hydrogen-bond donors (Lipinski definition) is 1. The number of benzene rings is 1. The van der Waals surface area contributed by atoms with Gasteiger partial charge in [0.25, 0.3) is 0 Å². The third-order valence-electron chi connectivity index (χ3n) is 1.69. The van der Waals surface area contributed by atoms with Gasteiger partial charge in [-0.25, -0.2) is 8.42 Å². The largest absolute Gasteiger partial charge is 0.398 e. The van der Waals surface area contributed by atoms with Crippen molar-refractivity contribution >= 4 is 39.1 Å². The molecule has 0 bridgehead atoms. The molecule has 0 amide bonds. The van der Waals surface area contributed by atoms with E-state index in [-0.39, 0.29) is 10.6 Å². The lowest BCUT2D eigenvalue weighted by Crippen LogP contribution is -2.15. The summed E-state index contributed by atoms with van der Waals surface area (Å²) < 4.78 is 60.9. The molecule has 0 radical (unpaired) electrons. The summed E-state index contributed by atoms with van der Waals surface area (Å²) in [5.41, 5.74) is 0.0902. The summed E-state index contributed by atoms with van der Waals surface area (Å²) in [5.74, 6) is -1.09. The Labute approximate surface area is 112 Å². The van der Waals surface area contributed by atoms with Gasteiger partial charge in [0, 0.05) is 4.90 Å². The Hall–Kier alpha value is -0.600. The molecule has 0 heterocycles. The van der Waals surface area contributed by atoms with Crippen molar-refractivity contribution in [3.8, 4) is 0 Å². The fraction of sp³-hybridized carbons (Fsp3) is 0.333. The average molecular weight is 320 g/mol. The summed E-state index contributed by atoms with van der Waals surface area (Å²) in [6, 6.07) is 5.83. The molecule has 0 spiro atoms. The summed E-state index contributed by atoms with van der Waals surface area (Å²) >= 11 is 5.72. The molecule has 0 fully saturated rings. The van der Waals surface area contributed by atoms with Crippen LogP contribution in [0.25, 0.3) is 0 Å². The number of alkyl halides is 4. The molecule has 0 saturated heterocycles. The maximum absolute atomic E-state index is 12.1. The third-order valence-corrected chi connectivity index (χ3v) is 4.51. The maximum atomic E-state index is 12.1. The highest BCUT2D eigenvalue weighted by atomic mass is 35.5. The van der Waals surface area contributed by atoms with Gasteiger partial charge in [0.1, 0.15) is 5.21 Å². The van der Waals surface area contributed by atoms with Crippen molar-refractivity contribution < 1.29 is 21.6 Å². The summed E-state index contributed by atoms with van der Waals surface area (Å²) in [5, 5.41) is -0.661. The lowest BCUT2D eigenvalue weighted by atomic mass is 10.3. The van der Waals surface area contributed by atoms with Crippen molar-refractivity contribution in [2.45, 2.75) is 11.1 Å². The highest BCUT2D eigenvalue weighted by Crippen LogP contribution is 2.32. The molecule has 0 aliphatic rings. The van der Waals surface area contributed by atoms with Gasteiger partial charge in [0.05, 0.1) is 11.4 Å². The van der Waals surface area contributed by atoms with Crippen LogP contribution in [0.1, 0.15) is 0 Å². The topological polar surface area (TPSA) is 46.2 Å². The molecule has 0 unspecified atom stereocenters. The van der Waals surface area contributed by atoms with Gasteiger partial charge >= 0.3 is 6.18 Å². The monoisotopic (exact) mass is 319 g/mol. The van der Waals surface area contributed by atoms with E-state index in [1.165, 1.54) is 24.3 Å². The zero-order valence-corrected chi connectivity index (χ0v) is 11.3. The second-order valence-electron chi connectivity index (χ2n) is 3.23. The highest BCUT2D eigenvalue weighted by Gasteiger charge is 2.27. The molecular weight excluding hydrogens is 311 g/mol. The van der Waals surface area contributed by atoms with Gasteiger partial charge in [-0.1, -0.05) is 12.1 Å². The number of anilines is 1. The predicted molar refractivity (Wildman–Crippen MR) is 66.5 cm³/mol. The standard InChI is InChI=1S/C9H9ClF3NO2S2/c10-6-18(15,16)14-7-3-1-2-4-8(7)17-5-9(11,12)13/h1-4,14H,5-6H2. The first-order chi connectivity index (χ1) is 8.23. The van der Waals surface area contributed by atoms with Crippen molar-refractivity contribution in [1.29, 1.82) is 0 Å². The van der Waals surface area contributed by atoms with Crippen molar-refractivity contribution in [2.75, 3.05) is 15.7 Å². The molecule has 1 N–H and O–H groups in total.